The van der Waals surface area contributed by atoms with Crippen LogP contribution in [0.2, 0.25) is 5.02 Å². The van der Waals surface area contributed by atoms with Gasteiger partial charge in [0.25, 0.3) is 10.0 Å². The number of rotatable bonds is 6. The molecule has 32 heavy (non-hydrogen) atoms. The second-order valence-corrected chi connectivity index (χ2v) is 9.75. The maximum Gasteiger partial charge on any atom is 0.349 e. The highest BCUT2D eigenvalue weighted by Gasteiger charge is 2.28. The fourth-order valence-corrected chi connectivity index (χ4v) is 6.07. The van der Waals surface area contributed by atoms with Crippen molar-refractivity contribution in [1.82, 2.24) is 9.19 Å². The molecule has 0 radical (unpaired) electrons. The lowest BCUT2D eigenvalue weighted by atomic mass is 10.0. The molecule has 0 saturated heterocycles. The standard InChI is InChI=1S/C21H14ClFN2O5S2/c1-30-21(27)20-18(7-8-31-20)32(28,29)25-16-9-12(5-6-13(16)11-24-25)10-17(26)19-14(22)3-2-4-15(19)23/h2-9,11H,10H2,1H3. The van der Waals surface area contributed by atoms with Crippen molar-refractivity contribution in [3.63, 3.8) is 0 Å². The number of ketones is 1. The molecule has 0 unspecified atom stereocenters. The first-order valence-electron chi connectivity index (χ1n) is 9.09. The van der Waals surface area contributed by atoms with Gasteiger partial charge < -0.3 is 4.74 Å². The third kappa shape index (κ3) is 3.81. The number of hydrogen-bond donors (Lipinski definition) is 0. The molecule has 2 aromatic heterocycles. The third-order valence-electron chi connectivity index (χ3n) is 4.71. The number of nitrogens with zero attached hydrogens (tertiary/aromatic N) is 2. The van der Waals surface area contributed by atoms with Crippen LogP contribution in [0, 0.1) is 5.82 Å². The molecule has 0 bridgehead atoms. The minimum absolute atomic E-state index is 0.00325. The molecular weight excluding hydrogens is 479 g/mol. The van der Waals surface area contributed by atoms with Gasteiger partial charge in [0.2, 0.25) is 0 Å². The molecule has 0 fully saturated rings. The van der Waals surface area contributed by atoms with E-state index in [1.807, 2.05) is 0 Å². The number of ether oxygens (including phenoxy) is 1. The highest BCUT2D eigenvalue weighted by molar-refractivity contribution is 7.90. The Kier molecular flexibility index (Phi) is 5.85. The molecule has 0 atom stereocenters. The Bertz CT molecular complexity index is 1460. The van der Waals surface area contributed by atoms with Gasteiger partial charge in [-0.25, -0.2) is 9.18 Å². The molecule has 0 saturated carbocycles. The molecular formula is C21H14ClFN2O5S2. The molecule has 0 N–H and O–H groups in total. The summed E-state index contributed by atoms with van der Waals surface area (Å²) < 4.78 is 46.0. The maximum absolute atomic E-state index is 14.1. The largest absolute Gasteiger partial charge is 0.465 e. The summed E-state index contributed by atoms with van der Waals surface area (Å²) in [5, 5.41) is 5.94. The number of halogens is 2. The zero-order valence-electron chi connectivity index (χ0n) is 16.4. The zero-order valence-corrected chi connectivity index (χ0v) is 18.8. The van der Waals surface area contributed by atoms with Crippen LogP contribution < -0.4 is 0 Å². The molecule has 0 aliphatic heterocycles. The summed E-state index contributed by atoms with van der Waals surface area (Å²) in [5.74, 6) is -2.06. The normalized spacial score (nSPS) is 11.6. The first kappa shape index (κ1) is 22.1. The van der Waals surface area contributed by atoms with Gasteiger partial charge in [-0.2, -0.15) is 17.6 Å². The maximum atomic E-state index is 14.1. The van der Waals surface area contributed by atoms with Crippen molar-refractivity contribution in [2.45, 2.75) is 11.3 Å². The first-order chi connectivity index (χ1) is 15.2. The molecule has 0 amide bonds. The van der Waals surface area contributed by atoms with Gasteiger partial charge in [0, 0.05) is 11.8 Å². The molecule has 7 nitrogen and oxygen atoms in total. The van der Waals surface area contributed by atoms with Crippen molar-refractivity contribution >= 4 is 55.6 Å². The van der Waals surface area contributed by atoms with E-state index in [-0.39, 0.29) is 32.3 Å². The second-order valence-electron chi connectivity index (χ2n) is 6.69. The van der Waals surface area contributed by atoms with E-state index in [0.717, 1.165) is 28.6 Å². The number of benzene rings is 2. The van der Waals surface area contributed by atoms with Crippen LogP contribution in [-0.2, 0) is 21.2 Å². The number of thiophene rings is 1. The molecule has 4 rings (SSSR count). The molecule has 2 heterocycles. The van der Waals surface area contributed by atoms with Crippen molar-refractivity contribution in [3.05, 3.63) is 80.9 Å². The van der Waals surface area contributed by atoms with Gasteiger partial charge in [0.1, 0.15) is 15.6 Å². The fraction of sp³-hybridized carbons (Fsp3) is 0.0952. The Morgan fingerprint density at radius 1 is 1.22 bits per heavy atom. The zero-order chi connectivity index (χ0) is 23.0. The molecule has 2 aromatic carbocycles. The van der Waals surface area contributed by atoms with E-state index < -0.39 is 27.6 Å². The molecule has 4 aromatic rings. The lowest BCUT2D eigenvalue weighted by Crippen LogP contribution is -2.17. The van der Waals surface area contributed by atoms with Crippen molar-refractivity contribution in [2.24, 2.45) is 0 Å². The number of fused-ring (bicyclic) bond motifs is 1. The quantitative estimate of drug-likeness (QED) is 0.293. The van der Waals surface area contributed by atoms with Crippen LogP contribution in [0.15, 0.2) is 58.9 Å². The average Bonchev–Trinajstić information content (AvgIpc) is 3.41. The summed E-state index contributed by atoms with van der Waals surface area (Å²) in [5.41, 5.74) is 0.422. The van der Waals surface area contributed by atoms with Crippen LogP contribution in [0.1, 0.15) is 25.6 Å². The third-order valence-corrected chi connectivity index (χ3v) is 7.70. The summed E-state index contributed by atoms with van der Waals surface area (Å²) in [4.78, 5) is 24.3. The van der Waals surface area contributed by atoms with E-state index in [9.17, 15) is 22.4 Å². The Labute approximate surface area is 191 Å². The monoisotopic (exact) mass is 492 g/mol. The van der Waals surface area contributed by atoms with Crippen LogP contribution in [0.4, 0.5) is 4.39 Å². The number of methoxy groups -OCH3 is 1. The van der Waals surface area contributed by atoms with E-state index in [2.05, 4.69) is 9.84 Å². The van der Waals surface area contributed by atoms with Gasteiger partial charge in [-0.15, -0.1) is 11.3 Å². The van der Waals surface area contributed by atoms with Crippen LogP contribution in [0.25, 0.3) is 10.9 Å². The van der Waals surface area contributed by atoms with Gasteiger partial charge in [-0.05, 0) is 35.2 Å². The van der Waals surface area contributed by atoms with Crippen molar-refractivity contribution in [2.75, 3.05) is 7.11 Å². The molecule has 164 valence electrons. The predicted molar refractivity (Wildman–Crippen MR) is 117 cm³/mol. The lowest BCUT2D eigenvalue weighted by molar-refractivity contribution is 0.0602. The van der Waals surface area contributed by atoms with Gasteiger partial charge >= 0.3 is 5.97 Å². The highest BCUT2D eigenvalue weighted by Crippen LogP contribution is 2.28. The Balaban J connectivity index is 1.75. The number of carbonyl (C=O) groups is 2. The van der Waals surface area contributed by atoms with Gasteiger partial charge in [0.15, 0.2) is 5.78 Å². The Morgan fingerprint density at radius 2 is 2.00 bits per heavy atom. The SMILES string of the molecule is COC(=O)c1sccc1S(=O)(=O)n1ncc2ccc(CC(=O)c3c(F)cccc3Cl)cc21. The smallest absolute Gasteiger partial charge is 0.349 e. The van der Waals surface area contributed by atoms with Crippen LogP contribution >= 0.6 is 22.9 Å². The second kappa shape index (κ2) is 8.45. The van der Waals surface area contributed by atoms with Gasteiger partial charge in [-0.1, -0.05) is 29.8 Å². The summed E-state index contributed by atoms with van der Waals surface area (Å²) in [6, 6.07) is 9.97. The summed E-state index contributed by atoms with van der Waals surface area (Å²) in [6.07, 6.45) is 1.16. The van der Waals surface area contributed by atoms with E-state index in [0.29, 0.717) is 10.9 Å². The van der Waals surface area contributed by atoms with Crippen LogP contribution in [0.5, 0.6) is 0 Å². The van der Waals surface area contributed by atoms with Gasteiger partial charge in [-0.3, -0.25) is 4.79 Å². The summed E-state index contributed by atoms with van der Waals surface area (Å²) in [6.45, 7) is 0. The fourth-order valence-electron chi connectivity index (χ4n) is 3.22. The van der Waals surface area contributed by atoms with E-state index >= 15 is 0 Å². The lowest BCUT2D eigenvalue weighted by Gasteiger charge is -2.08. The van der Waals surface area contributed by atoms with Crippen molar-refractivity contribution < 1.29 is 27.1 Å². The number of hydrogen-bond acceptors (Lipinski definition) is 7. The minimum Gasteiger partial charge on any atom is -0.465 e. The Morgan fingerprint density at radius 3 is 2.72 bits per heavy atom. The van der Waals surface area contributed by atoms with Crippen LogP contribution in [-0.4, -0.2) is 36.5 Å². The molecule has 11 heteroatoms. The minimum atomic E-state index is -4.23. The number of esters is 1. The molecule has 0 aliphatic rings. The predicted octanol–water partition coefficient (Wildman–Crippen LogP) is 4.34. The topological polar surface area (TPSA) is 95.3 Å². The van der Waals surface area contributed by atoms with Crippen LogP contribution in [0.3, 0.4) is 0 Å². The van der Waals surface area contributed by atoms with E-state index in [4.69, 9.17) is 11.6 Å². The number of aromatic nitrogens is 2. The van der Waals surface area contributed by atoms with Crippen molar-refractivity contribution in [3.8, 4) is 0 Å². The van der Waals surface area contributed by atoms with E-state index in [1.165, 1.54) is 35.8 Å². The van der Waals surface area contributed by atoms with Crippen molar-refractivity contribution in [1.29, 1.82) is 0 Å². The average molecular weight is 493 g/mol. The highest BCUT2D eigenvalue weighted by atomic mass is 35.5. The summed E-state index contributed by atoms with van der Waals surface area (Å²) in [7, 11) is -3.07. The number of carbonyl (C=O) groups excluding carboxylic acids is 2. The molecule has 0 spiro atoms. The molecule has 0 aliphatic carbocycles. The number of Topliss-reactive ketones (excluding diaryl/α,β-unsaturated/α-hetero) is 1. The summed E-state index contributed by atoms with van der Waals surface area (Å²) >= 11 is 6.91. The first-order valence-corrected chi connectivity index (χ1v) is 11.8. The van der Waals surface area contributed by atoms with Gasteiger partial charge in [0.05, 0.1) is 29.4 Å². The Hall–Kier alpha value is -3.08. The van der Waals surface area contributed by atoms with E-state index in [1.54, 1.807) is 12.1 Å².